The van der Waals surface area contributed by atoms with Crippen molar-refractivity contribution in [1.82, 2.24) is 0 Å². The summed E-state index contributed by atoms with van der Waals surface area (Å²) in [6.07, 6.45) is 1.19. The summed E-state index contributed by atoms with van der Waals surface area (Å²) in [7, 11) is 1.41. The Kier molecular flexibility index (Phi) is 3.94. The van der Waals surface area contributed by atoms with Crippen molar-refractivity contribution < 1.29 is 9.53 Å². The molecule has 1 aliphatic heterocycles. The molecule has 1 aromatic rings. The molecule has 1 heterocycles. The predicted octanol–water partition coefficient (Wildman–Crippen LogP) is 2.70. The number of methoxy groups -OCH3 is 1. The van der Waals surface area contributed by atoms with Gasteiger partial charge in [-0.2, -0.15) is 11.8 Å². The number of rotatable bonds is 3. The number of nitrogens with one attached hydrogen (secondary N) is 1. The van der Waals surface area contributed by atoms with Gasteiger partial charge < -0.3 is 10.1 Å². The minimum absolute atomic E-state index is 0.283. The smallest absolute Gasteiger partial charge is 0.337 e. The van der Waals surface area contributed by atoms with E-state index in [0.29, 0.717) is 11.6 Å². The number of carbonyl (C=O) groups is 1. The fourth-order valence-electron chi connectivity index (χ4n) is 1.89. The molecule has 0 amide bonds. The van der Waals surface area contributed by atoms with Crippen molar-refractivity contribution in [3.05, 3.63) is 29.3 Å². The fourth-order valence-corrected chi connectivity index (χ4v) is 3.04. The van der Waals surface area contributed by atoms with Crippen LogP contribution in [0.25, 0.3) is 0 Å². The molecular formula is C13H17NO2S. The van der Waals surface area contributed by atoms with Crippen LogP contribution in [0.5, 0.6) is 0 Å². The van der Waals surface area contributed by atoms with Gasteiger partial charge in [-0.3, -0.25) is 0 Å². The molecule has 3 nitrogen and oxygen atoms in total. The Morgan fingerprint density at radius 2 is 2.35 bits per heavy atom. The average molecular weight is 251 g/mol. The summed E-state index contributed by atoms with van der Waals surface area (Å²) in [4.78, 5) is 11.5. The Labute approximate surface area is 106 Å². The lowest BCUT2D eigenvalue weighted by atomic mass is 10.1. The van der Waals surface area contributed by atoms with Crippen molar-refractivity contribution >= 4 is 23.4 Å². The van der Waals surface area contributed by atoms with Crippen molar-refractivity contribution in [3.8, 4) is 0 Å². The van der Waals surface area contributed by atoms with Gasteiger partial charge in [0, 0.05) is 17.5 Å². The molecule has 0 saturated carbocycles. The molecular weight excluding hydrogens is 234 g/mol. The molecule has 0 radical (unpaired) electrons. The number of thioether (sulfide) groups is 1. The molecule has 17 heavy (non-hydrogen) atoms. The van der Waals surface area contributed by atoms with Crippen molar-refractivity contribution in [2.75, 3.05) is 23.9 Å². The molecule has 0 aromatic heterocycles. The molecule has 2 rings (SSSR count). The summed E-state index contributed by atoms with van der Waals surface area (Å²) in [6, 6.07) is 6.16. The van der Waals surface area contributed by atoms with E-state index in [1.165, 1.54) is 19.3 Å². The second-order valence-corrected chi connectivity index (χ2v) is 5.38. The van der Waals surface area contributed by atoms with Gasteiger partial charge >= 0.3 is 5.97 Å². The van der Waals surface area contributed by atoms with Crippen LogP contribution in [0.3, 0.4) is 0 Å². The van der Waals surface area contributed by atoms with E-state index < -0.39 is 0 Å². The van der Waals surface area contributed by atoms with Gasteiger partial charge in [-0.25, -0.2) is 4.79 Å². The first-order valence-electron chi connectivity index (χ1n) is 5.74. The van der Waals surface area contributed by atoms with Gasteiger partial charge in [-0.1, -0.05) is 6.07 Å². The molecule has 0 aliphatic carbocycles. The molecule has 0 spiro atoms. The molecule has 1 aliphatic rings. The van der Waals surface area contributed by atoms with Gasteiger partial charge in [0.2, 0.25) is 0 Å². The maximum absolute atomic E-state index is 11.5. The predicted molar refractivity (Wildman–Crippen MR) is 71.9 cm³/mol. The van der Waals surface area contributed by atoms with Crippen LogP contribution in [0.4, 0.5) is 5.69 Å². The van der Waals surface area contributed by atoms with Gasteiger partial charge in [-0.15, -0.1) is 0 Å². The Morgan fingerprint density at radius 1 is 1.53 bits per heavy atom. The first-order valence-corrected chi connectivity index (χ1v) is 6.89. The summed E-state index contributed by atoms with van der Waals surface area (Å²) in [5, 5.41) is 3.50. The molecule has 1 saturated heterocycles. The molecule has 0 bridgehead atoms. The Bertz CT molecular complexity index is 414. The highest BCUT2D eigenvalue weighted by Gasteiger charge is 2.16. The first-order chi connectivity index (χ1) is 8.20. The highest BCUT2D eigenvalue weighted by molar-refractivity contribution is 7.99. The van der Waals surface area contributed by atoms with E-state index in [4.69, 9.17) is 4.74 Å². The zero-order valence-corrected chi connectivity index (χ0v) is 11.0. The van der Waals surface area contributed by atoms with Gasteiger partial charge in [0.1, 0.15) is 0 Å². The summed E-state index contributed by atoms with van der Waals surface area (Å²) in [6.45, 7) is 2.05. The fraction of sp³-hybridized carbons (Fsp3) is 0.462. The third-order valence-corrected chi connectivity index (χ3v) is 4.11. The van der Waals surface area contributed by atoms with Crippen molar-refractivity contribution in [1.29, 1.82) is 0 Å². The van der Waals surface area contributed by atoms with Crippen LogP contribution in [0.2, 0.25) is 0 Å². The van der Waals surface area contributed by atoms with Crippen LogP contribution in [-0.2, 0) is 4.74 Å². The number of hydrogen-bond donors (Lipinski definition) is 1. The molecule has 1 atom stereocenters. The minimum Gasteiger partial charge on any atom is -0.465 e. The van der Waals surface area contributed by atoms with Gasteiger partial charge in [0.15, 0.2) is 0 Å². The van der Waals surface area contributed by atoms with Crippen molar-refractivity contribution in [2.24, 2.45) is 0 Å². The second kappa shape index (κ2) is 5.45. The number of carbonyl (C=O) groups excluding carboxylic acids is 1. The van der Waals surface area contributed by atoms with Crippen molar-refractivity contribution in [2.45, 2.75) is 19.4 Å². The molecule has 1 unspecified atom stereocenters. The number of ether oxygens (including phenoxy) is 1. The minimum atomic E-state index is -0.283. The number of aryl methyl sites for hydroxylation is 1. The van der Waals surface area contributed by atoms with E-state index in [-0.39, 0.29) is 5.97 Å². The Hall–Kier alpha value is -1.16. The Balaban J connectivity index is 2.16. The highest BCUT2D eigenvalue weighted by Crippen LogP contribution is 2.24. The summed E-state index contributed by atoms with van der Waals surface area (Å²) in [5.41, 5.74) is 2.81. The lowest BCUT2D eigenvalue weighted by Gasteiger charge is -2.15. The average Bonchev–Trinajstić information content (AvgIpc) is 2.84. The molecule has 1 N–H and O–H groups in total. The lowest BCUT2D eigenvalue weighted by molar-refractivity contribution is 0.0601. The van der Waals surface area contributed by atoms with E-state index in [1.807, 2.05) is 30.8 Å². The van der Waals surface area contributed by atoms with Crippen LogP contribution in [0.1, 0.15) is 22.3 Å². The van der Waals surface area contributed by atoms with E-state index in [2.05, 4.69) is 5.32 Å². The lowest BCUT2D eigenvalue weighted by Crippen LogP contribution is -2.19. The second-order valence-electron chi connectivity index (χ2n) is 4.23. The normalized spacial score (nSPS) is 19.1. The third-order valence-electron chi connectivity index (χ3n) is 2.95. The van der Waals surface area contributed by atoms with E-state index in [0.717, 1.165) is 17.0 Å². The van der Waals surface area contributed by atoms with Gasteiger partial charge in [0.25, 0.3) is 0 Å². The first kappa shape index (κ1) is 12.3. The maximum atomic E-state index is 11.5. The molecule has 4 heteroatoms. The SMILES string of the molecule is COC(=O)c1ccc(C)c(NC2CCSC2)c1. The Morgan fingerprint density at radius 3 is 3.00 bits per heavy atom. The van der Waals surface area contributed by atoms with E-state index in [9.17, 15) is 4.79 Å². The zero-order valence-electron chi connectivity index (χ0n) is 10.2. The zero-order chi connectivity index (χ0) is 12.3. The number of esters is 1. The van der Waals surface area contributed by atoms with E-state index >= 15 is 0 Å². The van der Waals surface area contributed by atoms with Crippen LogP contribution in [0, 0.1) is 6.92 Å². The third kappa shape index (κ3) is 2.94. The van der Waals surface area contributed by atoms with Crippen LogP contribution < -0.4 is 5.32 Å². The summed E-state index contributed by atoms with van der Waals surface area (Å²) >= 11 is 1.97. The van der Waals surface area contributed by atoms with Crippen LogP contribution in [0.15, 0.2) is 18.2 Å². The maximum Gasteiger partial charge on any atom is 0.337 e. The summed E-state index contributed by atoms with van der Waals surface area (Å²) in [5.74, 6) is 2.07. The van der Waals surface area contributed by atoms with Crippen LogP contribution in [-0.4, -0.2) is 30.6 Å². The number of hydrogen-bond acceptors (Lipinski definition) is 4. The molecule has 1 aromatic carbocycles. The standard InChI is InChI=1S/C13H17NO2S/c1-9-3-4-10(13(15)16-2)7-12(9)14-11-5-6-17-8-11/h3-4,7,11,14H,5-6,8H2,1-2H3. The summed E-state index contributed by atoms with van der Waals surface area (Å²) < 4.78 is 4.73. The van der Waals surface area contributed by atoms with Crippen molar-refractivity contribution in [3.63, 3.8) is 0 Å². The monoisotopic (exact) mass is 251 g/mol. The van der Waals surface area contributed by atoms with Gasteiger partial charge in [-0.05, 0) is 36.8 Å². The van der Waals surface area contributed by atoms with E-state index in [1.54, 1.807) is 6.07 Å². The highest BCUT2D eigenvalue weighted by atomic mass is 32.2. The largest absolute Gasteiger partial charge is 0.465 e. The number of benzene rings is 1. The topological polar surface area (TPSA) is 38.3 Å². The van der Waals surface area contributed by atoms with Crippen LogP contribution >= 0.6 is 11.8 Å². The molecule has 1 fully saturated rings. The van der Waals surface area contributed by atoms with Gasteiger partial charge in [0.05, 0.1) is 12.7 Å². The quantitative estimate of drug-likeness (QED) is 0.838. The number of anilines is 1. The molecule has 92 valence electrons.